The van der Waals surface area contributed by atoms with Gasteiger partial charge in [-0.1, -0.05) is 13.8 Å². The van der Waals surface area contributed by atoms with E-state index < -0.39 is 0 Å². The molecule has 16 heavy (non-hydrogen) atoms. The van der Waals surface area contributed by atoms with Gasteiger partial charge in [-0.25, -0.2) is 0 Å². The first-order valence-electron chi connectivity index (χ1n) is 6.90. The van der Waals surface area contributed by atoms with Gasteiger partial charge < -0.3 is 10.5 Å². The Morgan fingerprint density at radius 3 is 2.00 bits per heavy atom. The Kier molecular flexibility index (Phi) is 3.91. The highest BCUT2D eigenvalue weighted by molar-refractivity contribution is 4.93. The fourth-order valence-corrected chi connectivity index (χ4v) is 3.68. The molecule has 0 saturated heterocycles. The maximum Gasteiger partial charge on any atom is 0.0752 e. The van der Waals surface area contributed by atoms with Crippen LogP contribution in [0.25, 0.3) is 0 Å². The van der Waals surface area contributed by atoms with Crippen molar-refractivity contribution >= 4 is 0 Å². The third-order valence-electron chi connectivity index (χ3n) is 4.50. The third kappa shape index (κ3) is 2.78. The van der Waals surface area contributed by atoms with Gasteiger partial charge in [0.2, 0.25) is 0 Å². The first kappa shape index (κ1) is 12.4. The van der Waals surface area contributed by atoms with Crippen molar-refractivity contribution in [3.63, 3.8) is 0 Å². The van der Waals surface area contributed by atoms with Crippen LogP contribution >= 0.6 is 0 Å². The quantitative estimate of drug-likeness (QED) is 0.798. The molecule has 4 unspecified atom stereocenters. The van der Waals surface area contributed by atoms with Crippen LogP contribution in [0.3, 0.4) is 0 Å². The molecule has 0 aromatic carbocycles. The smallest absolute Gasteiger partial charge is 0.0752 e. The van der Waals surface area contributed by atoms with E-state index in [2.05, 4.69) is 13.8 Å². The standard InChI is InChI=1S/C14H27NO/c1-9-6-10(2)8-12(7-9)13(15)14(16-3)11-4-5-11/h9-14H,4-8,15H2,1-3H3. The van der Waals surface area contributed by atoms with Crippen molar-refractivity contribution in [2.45, 2.75) is 58.1 Å². The molecule has 2 nitrogen and oxygen atoms in total. The second-order valence-corrected chi connectivity index (χ2v) is 6.29. The summed E-state index contributed by atoms with van der Waals surface area (Å²) < 4.78 is 5.63. The van der Waals surface area contributed by atoms with Crippen LogP contribution in [0.1, 0.15) is 46.0 Å². The van der Waals surface area contributed by atoms with Gasteiger partial charge in [-0.15, -0.1) is 0 Å². The minimum atomic E-state index is 0.266. The summed E-state index contributed by atoms with van der Waals surface area (Å²) in [4.78, 5) is 0. The molecule has 2 aliphatic carbocycles. The number of hydrogen-bond donors (Lipinski definition) is 1. The van der Waals surface area contributed by atoms with Crippen LogP contribution in [-0.4, -0.2) is 19.3 Å². The average molecular weight is 225 g/mol. The number of nitrogens with two attached hydrogens (primary N) is 1. The van der Waals surface area contributed by atoms with Crippen LogP contribution in [0, 0.1) is 23.7 Å². The van der Waals surface area contributed by atoms with Crippen molar-refractivity contribution in [2.75, 3.05) is 7.11 Å². The summed E-state index contributed by atoms with van der Waals surface area (Å²) in [5.41, 5.74) is 6.44. The van der Waals surface area contributed by atoms with Gasteiger partial charge in [-0.3, -0.25) is 0 Å². The summed E-state index contributed by atoms with van der Waals surface area (Å²) in [7, 11) is 1.83. The molecule has 2 N–H and O–H groups in total. The third-order valence-corrected chi connectivity index (χ3v) is 4.50. The van der Waals surface area contributed by atoms with Gasteiger partial charge in [0.25, 0.3) is 0 Å². The van der Waals surface area contributed by atoms with Crippen molar-refractivity contribution in [3.05, 3.63) is 0 Å². The van der Waals surface area contributed by atoms with Gasteiger partial charge in [0, 0.05) is 13.2 Å². The maximum absolute atomic E-state index is 6.44. The summed E-state index contributed by atoms with van der Waals surface area (Å²) >= 11 is 0. The number of methoxy groups -OCH3 is 1. The van der Waals surface area contributed by atoms with E-state index in [1.165, 1.54) is 32.1 Å². The molecule has 2 fully saturated rings. The Bertz CT molecular complexity index is 217. The molecule has 0 aromatic rings. The van der Waals surface area contributed by atoms with E-state index in [1.54, 1.807) is 0 Å². The lowest BCUT2D eigenvalue weighted by molar-refractivity contribution is 0.0286. The SMILES string of the molecule is COC(C1CC1)C(N)C1CC(C)CC(C)C1. The van der Waals surface area contributed by atoms with E-state index in [4.69, 9.17) is 10.5 Å². The van der Waals surface area contributed by atoms with Crippen LogP contribution in [0.2, 0.25) is 0 Å². The van der Waals surface area contributed by atoms with E-state index in [0.29, 0.717) is 12.0 Å². The lowest BCUT2D eigenvalue weighted by Crippen LogP contribution is -2.46. The topological polar surface area (TPSA) is 35.2 Å². The molecule has 0 aromatic heterocycles. The van der Waals surface area contributed by atoms with Crippen molar-refractivity contribution in [1.82, 2.24) is 0 Å². The monoisotopic (exact) mass is 225 g/mol. The van der Waals surface area contributed by atoms with E-state index in [1.807, 2.05) is 7.11 Å². The molecular formula is C14H27NO. The van der Waals surface area contributed by atoms with Crippen molar-refractivity contribution in [1.29, 1.82) is 0 Å². The van der Waals surface area contributed by atoms with Gasteiger partial charge in [0.1, 0.15) is 0 Å². The molecule has 2 heteroatoms. The molecule has 94 valence electrons. The second-order valence-electron chi connectivity index (χ2n) is 6.29. The molecule has 0 spiro atoms. The van der Waals surface area contributed by atoms with Crippen LogP contribution in [0.15, 0.2) is 0 Å². The Balaban J connectivity index is 1.93. The Morgan fingerprint density at radius 2 is 1.56 bits per heavy atom. The molecular weight excluding hydrogens is 198 g/mol. The molecule has 2 rings (SSSR count). The second kappa shape index (κ2) is 5.05. The lowest BCUT2D eigenvalue weighted by Gasteiger charge is -2.37. The molecule has 2 aliphatic rings. The van der Waals surface area contributed by atoms with Gasteiger partial charge in [-0.2, -0.15) is 0 Å². The summed E-state index contributed by atoms with van der Waals surface area (Å²) in [5.74, 6) is 3.13. The fourth-order valence-electron chi connectivity index (χ4n) is 3.68. The summed E-state index contributed by atoms with van der Waals surface area (Å²) in [6.45, 7) is 4.74. The lowest BCUT2D eigenvalue weighted by atomic mass is 9.72. The predicted molar refractivity (Wildman–Crippen MR) is 67.2 cm³/mol. The highest BCUT2D eigenvalue weighted by atomic mass is 16.5. The maximum atomic E-state index is 6.44. The summed E-state index contributed by atoms with van der Waals surface area (Å²) in [6, 6.07) is 0.266. The highest BCUT2D eigenvalue weighted by Crippen LogP contribution is 2.41. The molecule has 0 amide bonds. The Labute approximate surface area is 99.9 Å². The molecule has 0 aliphatic heterocycles. The number of rotatable bonds is 4. The van der Waals surface area contributed by atoms with Crippen molar-refractivity contribution < 1.29 is 4.74 Å². The van der Waals surface area contributed by atoms with Crippen LogP contribution < -0.4 is 5.73 Å². The normalized spacial score (nSPS) is 39.4. The molecule has 0 radical (unpaired) electrons. The zero-order valence-corrected chi connectivity index (χ0v) is 11.0. The largest absolute Gasteiger partial charge is 0.380 e. The van der Waals surface area contributed by atoms with Gasteiger partial charge in [0.15, 0.2) is 0 Å². The molecule has 2 saturated carbocycles. The molecule has 0 bridgehead atoms. The van der Waals surface area contributed by atoms with Gasteiger partial charge >= 0.3 is 0 Å². The summed E-state index contributed by atoms with van der Waals surface area (Å²) in [6.07, 6.45) is 6.96. The highest BCUT2D eigenvalue weighted by Gasteiger charge is 2.40. The first-order chi connectivity index (χ1) is 7.61. The van der Waals surface area contributed by atoms with E-state index in [9.17, 15) is 0 Å². The van der Waals surface area contributed by atoms with E-state index in [0.717, 1.165) is 17.8 Å². The van der Waals surface area contributed by atoms with E-state index in [-0.39, 0.29) is 6.04 Å². The van der Waals surface area contributed by atoms with Gasteiger partial charge in [0.05, 0.1) is 6.10 Å². The Morgan fingerprint density at radius 1 is 1.00 bits per heavy atom. The minimum absolute atomic E-state index is 0.266. The van der Waals surface area contributed by atoms with Crippen LogP contribution in [0.4, 0.5) is 0 Å². The number of ether oxygens (including phenoxy) is 1. The predicted octanol–water partition coefficient (Wildman–Crippen LogP) is 2.81. The Hall–Kier alpha value is -0.0800. The molecule has 4 atom stereocenters. The molecule has 0 heterocycles. The van der Waals surface area contributed by atoms with Gasteiger partial charge in [-0.05, 0) is 55.8 Å². The van der Waals surface area contributed by atoms with Crippen molar-refractivity contribution in [3.8, 4) is 0 Å². The first-order valence-corrected chi connectivity index (χ1v) is 6.90. The number of hydrogen-bond acceptors (Lipinski definition) is 2. The average Bonchev–Trinajstić information content (AvgIpc) is 3.01. The van der Waals surface area contributed by atoms with Crippen molar-refractivity contribution in [2.24, 2.45) is 29.4 Å². The van der Waals surface area contributed by atoms with E-state index >= 15 is 0 Å². The van der Waals surface area contributed by atoms with Crippen LogP contribution in [0.5, 0.6) is 0 Å². The zero-order valence-electron chi connectivity index (χ0n) is 11.0. The van der Waals surface area contributed by atoms with Crippen LogP contribution in [-0.2, 0) is 4.74 Å². The minimum Gasteiger partial charge on any atom is -0.380 e. The summed E-state index contributed by atoms with van der Waals surface area (Å²) in [5, 5.41) is 0. The zero-order chi connectivity index (χ0) is 11.7. The fraction of sp³-hybridized carbons (Fsp3) is 1.00.